The van der Waals surface area contributed by atoms with Crippen molar-refractivity contribution in [3.05, 3.63) is 0 Å². The van der Waals surface area contributed by atoms with E-state index in [-0.39, 0.29) is 11.6 Å². The molecule has 17 heavy (non-hydrogen) atoms. The molecule has 3 nitrogen and oxygen atoms in total. The van der Waals surface area contributed by atoms with E-state index in [1.807, 2.05) is 0 Å². The highest BCUT2D eigenvalue weighted by Crippen LogP contribution is 2.38. The predicted octanol–water partition coefficient (Wildman–Crippen LogP) is 3.46. The second-order valence-electron chi connectivity index (χ2n) is 5.45. The Hall–Kier alpha value is -0.570. The van der Waals surface area contributed by atoms with E-state index in [0.29, 0.717) is 12.5 Å². The van der Waals surface area contributed by atoms with Crippen molar-refractivity contribution in [2.24, 2.45) is 0 Å². The fourth-order valence-electron chi connectivity index (χ4n) is 2.15. The highest BCUT2D eigenvalue weighted by atomic mass is 16.6. The van der Waals surface area contributed by atoms with Crippen LogP contribution in [0.5, 0.6) is 0 Å². The molecule has 1 atom stereocenters. The zero-order valence-corrected chi connectivity index (χ0v) is 11.5. The number of hydrogen-bond donors (Lipinski definition) is 0. The molecule has 0 amide bonds. The Balaban J connectivity index is 1.78. The molecule has 1 aliphatic rings. The van der Waals surface area contributed by atoms with Crippen molar-refractivity contribution >= 4 is 5.97 Å². The highest BCUT2D eigenvalue weighted by Gasteiger charge is 2.46. The van der Waals surface area contributed by atoms with Gasteiger partial charge in [-0.1, -0.05) is 32.1 Å². The summed E-state index contributed by atoms with van der Waals surface area (Å²) in [5.41, 5.74) is 0.153. The Morgan fingerprint density at radius 3 is 2.18 bits per heavy atom. The van der Waals surface area contributed by atoms with Crippen LogP contribution in [0.3, 0.4) is 0 Å². The third-order valence-corrected chi connectivity index (χ3v) is 3.49. The summed E-state index contributed by atoms with van der Waals surface area (Å²) < 4.78 is 10.1. The summed E-state index contributed by atoms with van der Waals surface area (Å²) in [5, 5.41) is 0. The first-order valence-corrected chi connectivity index (χ1v) is 6.81. The lowest BCUT2D eigenvalue weighted by molar-refractivity contribution is -0.140. The van der Waals surface area contributed by atoms with Gasteiger partial charge in [-0.15, -0.1) is 0 Å². The van der Waals surface area contributed by atoms with Crippen LogP contribution in [-0.2, 0) is 14.3 Å². The van der Waals surface area contributed by atoms with Gasteiger partial charge >= 0.3 is 5.97 Å². The van der Waals surface area contributed by atoms with Crippen LogP contribution in [-0.4, -0.2) is 24.8 Å². The van der Waals surface area contributed by atoms with Crippen LogP contribution in [0, 0.1) is 0 Å². The largest absolute Gasteiger partial charge is 0.469 e. The minimum Gasteiger partial charge on any atom is -0.469 e. The van der Waals surface area contributed by atoms with Gasteiger partial charge in [-0.2, -0.15) is 0 Å². The fraction of sp³-hybridized carbons (Fsp3) is 0.929. The molecule has 0 saturated carbocycles. The molecule has 1 saturated heterocycles. The molecule has 0 N–H and O–H groups in total. The maximum Gasteiger partial charge on any atom is 0.305 e. The third kappa shape index (κ3) is 6.06. The van der Waals surface area contributed by atoms with E-state index >= 15 is 0 Å². The number of carbonyl (C=O) groups is 1. The van der Waals surface area contributed by atoms with Crippen molar-refractivity contribution < 1.29 is 14.3 Å². The zero-order chi connectivity index (χ0) is 12.7. The summed E-state index contributed by atoms with van der Waals surface area (Å²) in [5.74, 6) is -0.0851. The molecule has 0 aliphatic carbocycles. The van der Waals surface area contributed by atoms with Crippen molar-refractivity contribution in [2.45, 2.75) is 76.9 Å². The van der Waals surface area contributed by atoms with E-state index in [0.717, 1.165) is 12.8 Å². The minimum absolute atomic E-state index is 0.0851. The number of unbranched alkanes of at least 4 members (excludes halogenated alkanes) is 5. The van der Waals surface area contributed by atoms with E-state index < -0.39 is 0 Å². The first kappa shape index (κ1) is 14.5. The molecule has 0 aromatic carbocycles. The normalized spacial score (nSPS) is 21.2. The summed E-state index contributed by atoms with van der Waals surface area (Å²) in [7, 11) is 1.45. The van der Waals surface area contributed by atoms with Gasteiger partial charge in [0.25, 0.3) is 0 Å². The van der Waals surface area contributed by atoms with Crippen molar-refractivity contribution in [1.82, 2.24) is 0 Å². The van der Waals surface area contributed by atoms with Crippen LogP contribution in [0.2, 0.25) is 0 Å². The number of rotatable bonds is 9. The smallest absolute Gasteiger partial charge is 0.305 e. The van der Waals surface area contributed by atoms with E-state index in [1.165, 1.54) is 39.2 Å². The molecule has 1 fully saturated rings. The average molecular weight is 242 g/mol. The van der Waals surface area contributed by atoms with Gasteiger partial charge < -0.3 is 9.47 Å². The first-order valence-electron chi connectivity index (χ1n) is 6.81. The standard InChI is InChI=1S/C14H26O3/c1-14(2)12(17-14)10-8-6-4-5-7-9-11-13(15)16-3/h12H,4-11H2,1-3H3. The SMILES string of the molecule is COC(=O)CCCCCCCCC1OC1(C)C. The van der Waals surface area contributed by atoms with Crippen LogP contribution in [0.25, 0.3) is 0 Å². The van der Waals surface area contributed by atoms with Gasteiger partial charge in [0, 0.05) is 6.42 Å². The van der Waals surface area contributed by atoms with E-state index in [9.17, 15) is 4.79 Å². The maximum absolute atomic E-state index is 10.9. The molecular formula is C14H26O3. The van der Waals surface area contributed by atoms with Crippen LogP contribution >= 0.6 is 0 Å². The van der Waals surface area contributed by atoms with Gasteiger partial charge in [-0.25, -0.2) is 0 Å². The van der Waals surface area contributed by atoms with E-state index in [2.05, 4.69) is 18.6 Å². The number of epoxide rings is 1. The summed E-state index contributed by atoms with van der Waals surface area (Å²) in [6.45, 7) is 4.31. The Morgan fingerprint density at radius 2 is 1.65 bits per heavy atom. The van der Waals surface area contributed by atoms with Gasteiger partial charge in [-0.05, 0) is 26.7 Å². The van der Waals surface area contributed by atoms with Gasteiger partial charge in [0.05, 0.1) is 18.8 Å². The zero-order valence-electron chi connectivity index (χ0n) is 11.5. The van der Waals surface area contributed by atoms with Crippen LogP contribution in [0.1, 0.15) is 65.2 Å². The quantitative estimate of drug-likeness (QED) is 0.353. The number of methoxy groups -OCH3 is 1. The third-order valence-electron chi connectivity index (χ3n) is 3.49. The lowest BCUT2D eigenvalue weighted by Crippen LogP contribution is -2.02. The molecular weight excluding hydrogens is 216 g/mol. The number of esters is 1. The summed E-state index contributed by atoms with van der Waals surface area (Å²) in [6.07, 6.45) is 9.43. The van der Waals surface area contributed by atoms with Crippen molar-refractivity contribution in [3.8, 4) is 0 Å². The Kier molecular flexibility index (Phi) is 5.96. The van der Waals surface area contributed by atoms with Crippen molar-refractivity contribution in [3.63, 3.8) is 0 Å². The Morgan fingerprint density at radius 1 is 1.12 bits per heavy atom. The van der Waals surface area contributed by atoms with Gasteiger partial charge in [0.15, 0.2) is 0 Å². The highest BCUT2D eigenvalue weighted by molar-refractivity contribution is 5.68. The summed E-state index contributed by atoms with van der Waals surface area (Å²) in [4.78, 5) is 10.9. The van der Waals surface area contributed by atoms with E-state index in [1.54, 1.807) is 0 Å². The van der Waals surface area contributed by atoms with Crippen LogP contribution < -0.4 is 0 Å². The second kappa shape index (κ2) is 7.00. The molecule has 3 heteroatoms. The van der Waals surface area contributed by atoms with Crippen molar-refractivity contribution in [2.75, 3.05) is 7.11 Å². The lowest BCUT2D eigenvalue weighted by Gasteiger charge is -2.01. The van der Waals surface area contributed by atoms with Crippen molar-refractivity contribution in [1.29, 1.82) is 0 Å². The average Bonchev–Trinajstić information content (AvgIpc) is 2.89. The topological polar surface area (TPSA) is 38.8 Å². The number of ether oxygens (including phenoxy) is 2. The summed E-state index contributed by atoms with van der Waals surface area (Å²) >= 11 is 0. The minimum atomic E-state index is -0.0851. The predicted molar refractivity (Wildman–Crippen MR) is 67.9 cm³/mol. The monoisotopic (exact) mass is 242 g/mol. The molecule has 0 bridgehead atoms. The number of hydrogen-bond acceptors (Lipinski definition) is 3. The first-order chi connectivity index (χ1) is 8.06. The molecule has 0 spiro atoms. The Bertz CT molecular complexity index is 236. The lowest BCUT2D eigenvalue weighted by atomic mass is 10.0. The van der Waals surface area contributed by atoms with Crippen LogP contribution in [0.4, 0.5) is 0 Å². The molecule has 1 rings (SSSR count). The van der Waals surface area contributed by atoms with E-state index in [4.69, 9.17) is 4.74 Å². The molecule has 0 aromatic heterocycles. The molecule has 1 aliphatic heterocycles. The molecule has 0 aromatic rings. The van der Waals surface area contributed by atoms with Gasteiger partial charge in [-0.3, -0.25) is 4.79 Å². The van der Waals surface area contributed by atoms with Gasteiger partial charge in [0.2, 0.25) is 0 Å². The molecule has 100 valence electrons. The fourth-order valence-corrected chi connectivity index (χ4v) is 2.15. The number of carbonyl (C=O) groups excluding carboxylic acids is 1. The molecule has 1 heterocycles. The van der Waals surface area contributed by atoms with Gasteiger partial charge in [0.1, 0.15) is 0 Å². The van der Waals surface area contributed by atoms with Crippen LogP contribution in [0.15, 0.2) is 0 Å². The molecule has 1 unspecified atom stereocenters. The maximum atomic E-state index is 10.9. The Labute approximate surface area is 105 Å². The summed E-state index contributed by atoms with van der Waals surface area (Å²) in [6, 6.07) is 0. The molecule has 0 radical (unpaired) electrons. The second-order valence-corrected chi connectivity index (χ2v) is 5.45.